The number of methoxy groups -OCH3 is 1. The van der Waals surface area contributed by atoms with Crippen LogP contribution < -0.4 is 15.8 Å². The van der Waals surface area contributed by atoms with Crippen LogP contribution in [0.5, 0.6) is 5.75 Å². The third-order valence-corrected chi connectivity index (χ3v) is 4.71. The zero-order valence-corrected chi connectivity index (χ0v) is 15.2. The smallest absolute Gasteiger partial charge is 0.223 e. The Morgan fingerprint density at radius 3 is 2.44 bits per heavy atom. The van der Waals surface area contributed by atoms with Crippen molar-refractivity contribution in [3.63, 3.8) is 0 Å². The van der Waals surface area contributed by atoms with Crippen molar-refractivity contribution >= 4 is 18.3 Å². The Morgan fingerprint density at radius 1 is 1.12 bits per heavy atom. The van der Waals surface area contributed by atoms with Crippen molar-refractivity contribution in [1.29, 1.82) is 0 Å². The van der Waals surface area contributed by atoms with E-state index < -0.39 is 0 Å². The first kappa shape index (κ1) is 19.3. The fourth-order valence-corrected chi connectivity index (χ4v) is 3.41. The van der Waals surface area contributed by atoms with Gasteiger partial charge in [-0.15, -0.1) is 12.4 Å². The lowest BCUT2D eigenvalue weighted by molar-refractivity contribution is -0.125. The predicted octanol–water partition coefficient (Wildman–Crippen LogP) is 3.45. The maximum atomic E-state index is 12.7. The summed E-state index contributed by atoms with van der Waals surface area (Å²) in [5, 5.41) is 3.21. The third-order valence-electron chi connectivity index (χ3n) is 4.71. The van der Waals surface area contributed by atoms with Gasteiger partial charge in [-0.05, 0) is 30.9 Å². The predicted molar refractivity (Wildman–Crippen MR) is 102 cm³/mol. The molecule has 1 aliphatic rings. The van der Waals surface area contributed by atoms with Gasteiger partial charge in [-0.3, -0.25) is 4.79 Å². The summed E-state index contributed by atoms with van der Waals surface area (Å²) in [5.41, 5.74) is 7.96. The van der Waals surface area contributed by atoms with Gasteiger partial charge in [-0.25, -0.2) is 0 Å². The molecule has 3 unspecified atom stereocenters. The molecule has 0 saturated heterocycles. The summed E-state index contributed by atoms with van der Waals surface area (Å²) >= 11 is 0. The molecule has 1 fully saturated rings. The molecule has 2 aromatic rings. The van der Waals surface area contributed by atoms with Crippen LogP contribution in [0.15, 0.2) is 54.6 Å². The highest BCUT2D eigenvalue weighted by Gasteiger charge is 2.30. The molecule has 4 nitrogen and oxygen atoms in total. The van der Waals surface area contributed by atoms with E-state index in [-0.39, 0.29) is 36.3 Å². The van der Waals surface area contributed by atoms with Crippen molar-refractivity contribution in [2.24, 2.45) is 11.7 Å². The van der Waals surface area contributed by atoms with Crippen LogP contribution in [-0.4, -0.2) is 19.1 Å². The number of nitrogens with one attached hydrogen (secondary N) is 1. The van der Waals surface area contributed by atoms with Crippen molar-refractivity contribution in [3.05, 3.63) is 65.7 Å². The van der Waals surface area contributed by atoms with Gasteiger partial charge < -0.3 is 15.8 Å². The summed E-state index contributed by atoms with van der Waals surface area (Å²) in [5.74, 6) is 0.846. The zero-order valence-electron chi connectivity index (χ0n) is 14.4. The van der Waals surface area contributed by atoms with E-state index in [4.69, 9.17) is 10.5 Å². The monoisotopic (exact) mass is 360 g/mol. The Labute approximate surface area is 155 Å². The molecule has 0 heterocycles. The Kier molecular flexibility index (Phi) is 6.85. The summed E-state index contributed by atoms with van der Waals surface area (Å²) in [4.78, 5) is 12.7. The van der Waals surface area contributed by atoms with Crippen molar-refractivity contribution in [3.8, 4) is 5.75 Å². The molecule has 25 heavy (non-hydrogen) atoms. The molecule has 0 radical (unpaired) electrons. The van der Waals surface area contributed by atoms with Gasteiger partial charge in [0.25, 0.3) is 0 Å². The van der Waals surface area contributed by atoms with Crippen molar-refractivity contribution < 1.29 is 9.53 Å². The number of rotatable bonds is 5. The number of para-hydroxylation sites is 1. The molecular formula is C20H25ClN2O2. The Morgan fingerprint density at radius 2 is 1.80 bits per heavy atom. The molecule has 0 aliphatic heterocycles. The fraction of sp³-hybridized carbons (Fsp3) is 0.350. The van der Waals surface area contributed by atoms with Gasteiger partial charge in [0.1, 0.15) is 5.75 Å². The van der Waals surface area contributed by atoms with E-state index >= 15 is 0 Å². The van der Waals surface area contributed by atoms with Gasteiger partial charge in [0.05, 0.1) is 13.2 Å². The first-order valence-electron chi connectivity index (χ1n) is 8.43. The number of hydrogen-bond acceptors (Lipinski definition) is 3. The molecule has 3 atom stereocenters. The molecular weight excluding hydrogens is 336 g/mol. The molecule has 2 aromatic carbocycles. The number of halogens is 1. The SMILES string of the molecule is COc1ccccc1C(NC(=O)C1CCC(N)C1)c1ccccc1.Cl. The highest BCUT2D eigenvalue weighted by molar-refractivity contribution is 5.85. The number of hydrogen-bond donors (Lipinski definition) is 2. The van der Waals surface area contributed by atoms with E-state index in [0.717, 1.165) is 36.1 Å². The lowest BCUT2D eigenvalue weighted by Gasteiger charge is -2.23. The van der Waals surface area contributed by atoms with Crippen LogP contribution in [0.4, 0.5) is 0 Å². The minimum atomic E-state index is -0.230. The minimum absolute atomic E-state index is 0. The number of nitrogens with two attached hydrogens (primary N) is 1. The molecule has 3 N–H and O–H groups in total. The molecule has 0 aromatic heterocycles. The van der Waals surface area contributed by atoms with Crippen molar-refractivity contribution in [1.82, 2.24) is 5.32 Å². The summed E-state index contributed by atoms with van der Waals surface area (Å²) < 4.78 is 5.50. The van der Waals surface area contributed by atoms with Crippen LogP contribution in [0.3, 0.4) is 0 Å². The van der Waals surface area contributed by atoms with Crippen LogP contribution in [0.2, 0.25) is 0 Å². The van der Waals surface area contributed by atoms with E-state index in [1.807, 2.05) is 54.6 Å². The molecule has 1 aliphatic carbocycles. The van der Waals surface area contributed by atoms with Gasteiger partial charge in [0.15, 0.2) is 0 Å². The number of benzene rings is 2. The average molecular weight is 361 g/mol. The molecule has 0 bridgehead atoms. The summed E-state index contributed by atoms with van der Waals surface area (Å²) in [6.07, 6.45) is 2.54. The molecule has 134 valence electrons. The van der Waals surface area contributed by atoms with Crippen molar-refractivity contribution in [2.75, 3.05) is 7.11 Å². The maximum Gasteiger partial charge on any atom is 0.223 e. The van der Waals surface area contributed by atoms with Gasteiger partial charge in [-0.1, -0.05) is 48.5 Å². The Balaban J connectivity index is 0.00000225. The number of ether oxygens (including phenoxy) is 1. The summed E-state index contributed by atoms with van der Waals surface area (Å²) in [6.45, 7) is 0. The number of carbonyl (C=O) groups excluding carboxylic acids is 1. The first-order valence-corrected chi connectivity index (χ1v) is 8.43. The largest absolute Gasteiger partial charge is 0.496 e. The van der Waals surface area contributed by atoms with Gasteiger partial charge in [0, 0.05) is 17.5 Å². The number of carbonyl (C=O) groups is 1. The quantitative estimate of drug-likeness (QED) is 0.858. The Hall–Kier alpha value is -2.04. The van der Waals surface area contributed by atoms with Crippen LogP contribution in [0.1, 0.15) is 36.4 Å². The standard InChI is InChI=1S/C20H24N2O2.ClH/c1-24-18-10-6-5-9-17(18)19(14-7-3-2-4-8-14)22-20(23)15-11-12-16(21)13-15;/h2-10,15-16,19H,11-13,21H2,1H3,(H,22,23);1H. The second kappa shape index (κ2) is 8.88. The second-order valence-corrected chi connectivity index (χ2v) is 6.36. The normalized spacial score (nSPS) is 20.4. The maximum absolute atomic E-state index is 12.7. The number of amides is 1. The van der Waals surface area contributed by atoms with E-state index in [0.29, 0.717) is 0 Å². The van der Waals surface area contributed by atoms with Crippen molar-refractivity contribution in [2.45, 2.75) is 31.3 Å². The Bertz CT molecular complexity index is 693. The molecule has 3 rings (SSSR count). The van der Waals surface area contributed by atoms with E-state index in [1.165, 1.54) is 0 Å². The lowest BCUT2D eigenvalue weighted by atomic mass is 9.96. The highest BCUT2D eigenvalue weighted by atomic mass is 35.5. The van der Waals surface area contributed by atoms with Gasteiger partial charge >= 0.3 is 0 Å². The van der Waals surface area contributed by atoms with Crippen LogP contribution in [-0.2, 0) is 4.79 Å². The van der Waals surface area contributed by atoms with Crippen LogP contribution in [0, 0.1) is 5.92 Å². The topological polar surface area (TPSA) is 64.3 Å². The molecule has 1 saturated carbocycles. The fourth-order valence-electron chi connectivity index (χ4n) is 3.41. The molecule has 1 amide bonds. The van der Waals surface area contributed by atoms with E-state index in [9.17, 15) is 4.79 Å². The molecule has 0 spiro atoms. The second-order valence-electron chi connectivity index (χ2n) is 6.36. The van der Waals surface area contributed by atoms with Gasteiger partial charge in [-0.2, -0.15) is 0 Å². The van der Waals surface area contributed by atoms with Gasteiger partial charge in [0.2, 0.25) is 5.91 Å². The highest BCUT2D eigenvalue weighted by Crippen LogP contribution is 2.31. The zero-order chi connectivity index (χ0) is 16.9. The summed E-state index contributed by atoms with van der Waals surface area (Å²) in [6, 6.07) is 17.7. The average Bonchev–Trinajstić information content (AvgIpc) is 3.07. The summed E-state index contributed by atoms with van der Waals surface area (Å²) in [7, 11) is 1.65. The minimum Gasteiger partial charge on any atom is -0.496 e. The van der Waals surface area contributed by atoms with Crippen LogP contribution >= 0.6 is 12.4 Å². The van der Waals surface area contributed by atoms with Crippen LogP contribution in [0.25, 0.3) is 0 Å². The lowest BCUT2D eigenvalue weighted by Crippen LogP contribution is -2.34. The first-order chi connectivity index (χ1) is 11.7. The van der Waals surface area contributed by atoms with E-state index in [2.05, 4.69) is 5.32 Å². The third kappa shape index (κ3) is 4.53. The molecule has 5 heteroatoms. The van der Waals surface area contributed by atoms with E-state index in [1.54, 1.807) is 7.11 Å².